The SMILES string of the molecule is CCCCCCCN(C(=O)C(NC(=O)OC(C)(C)C)C(C)CC)C(C(=O)Nc1ccc2ccccc2c1)c1ccc(C)c(C)c1. The van der Waals surface area contributed by atoms with Gasteiger partial charge in [-0.15, -0.1) is 0 Å². The molecule has 244 valence electrons. The summed E-state index contributed by atoms with van der Waals surface area (Å²) in [6.07, 6.45) is 4.99. The number of hydrogen-bond donors (Lipinski definition) is 2. The predicted octanol–water partition coefficient (Wildman–Crippen LogP) is 8.87. The van der Waals surface area contributed by atoms with Gasteiger partial charge in [-0.2, -0.15) is 0 Å². The molecule has 3 atom stereocenters. The van der Waals surface area contributed by atoms with E-state index in [1.54, 1.807) is 25.7 Å². The van der Waals surface area contributed by atoms with Crippen molar-refractivity contribution in [3.63, 3.8) is 0 Å². The Balaban J connectivity index is 2.07. The number of rotatable bonds is 14. The molecule has 3 unspecified atom stereocenters. The number of anilines is 1. The number of aryl methyl sites for hydroxylation is 2. The molecular formula is C38H53N3O4. The number of ether oxygens (including phenoxy) is 1. The van der Waals surface area contributed by atoms with E-state index in [0.717, 1.165) is 59.6 Å². The largest absolute Gasteiger partial charge is 0.444 e. The van der Waals surface area contributed by atoms with Crippen LogP contribution in [0.3, 0.4) is 0 Å². The maximum absolute atomic E-state index is 14.6. The molecule has 0 saturated carbocycles. The van der Waals surface area contributed by atoms with Crippen molar-refractivity contribution < 1.29 is 19.1 Å². The number of alkyl carbamates (subject to hydrolysis) is 1. The van der Waals surface area contributed by atoms with Crippen LogP contribution in [0.5, 0.6) is 0 Å². The van der Waals surface area contributed by atoms with Gasteiger partial charge in [0, 0.05) is 12.2 Å². The van der Waals surface area contributed by atoms with Crippen molar-refractivity contribution >= 4 is 34.4 Å². The lowest BCUT2D eigenvalue weighted by Gasteiger charge is -2.36. The molecule has 3 amide bonds. The van der Waals surface area contributed by atoms with Crippen LogP contribution in [0.1, 0.15) is 103 Å². The molecule has 3 aromatic rings. The zero-order chi connectivity index (χ0) is 33.1. The molecule has 0 radical (unpaired) electrons. The molecule has 3 rings (SSSR count). The molecule has 0 saturated heterocycles. The molecule has 0 fully saturated rings. The van der Waals surface area contributed by atoms with Crippen LogP contribution >= 0.6 is 0 Å². The van der Waals surface area contributed by atoms with Gasteiger partial charge >= 0.3 is 6.09 Å². The van der Waals surface area contributed by atoms with E-state index in [9.17, 15) is 14.4 Å². The van der Waals surface area contributed by atoms with Crippen molar-refractivity contribution in [1.29, 1.82) is 0 Å². The standard InChI is InChI=1S/C38H53N3O4/c1-9-11-12-13-16-23-41(36(43)33(26(3)10-2)40-37(44)45-38(6,7)8)34(31-20-19-27(4)28(5)24-31)35(42)39-32-22-21-29-17-14-15-18-30(29)25-32/h14-15,17-22,24-26,33-34H,9-13,16,23H2,1-8H3,(H,39,42)(H,40,44). The summed E-state index contributed by atoms with van der Waals surface area (Å²) in [5, 5.41) is 8.08. The normalized spacial score (nSPS) is 13.5. The molecule has 0 aliphatic heterocycles. The van der Waals surface area contributed by atoms with Gasteiger partial charge in [0.05, 0.1) is 0 Å². The molecule has 0 spiro atoms. The zero-order valence-electron chi connectivity index (χ0n) is 28.5. The van der Waals surface area contributed by atoms with Crippen LogP contribution in [0.4, 0.5) is 10.5 Å². The van der Waals surface area contributed by atoms with Gasteiger partial charge in [-0.3, -0.25) is 9.59 Å². The molecule has 3 aromatic carbocycles. The summed E-state index contributed by atoms with van der Waals surface area (Å²) in [4.78, 5) is 43.7. The maximum Gasteiger partial charge on any atom is 0.408 e. The second kappa shape index (κ2) is 16.4. The number of amides is 3. The average Bonchev–Trinajstić information content (AvgIpc) is 2.99. The summed E-state index contributed by atoms with van der Waals surface area (Å²) >= 11 is 0. The summed E-state index contributed by atoms with van der Waals surface area (Å²) in [5.74, 6) is -0.769. The summed E-state index contributed by atoms with van der Waals surface area (Å²) < 4.78 is 5.55. The number of nitrogens with one attached hydrogen (secondary N) is 2. The van der Waals surface area contributed by atoms with E-state index in [1.807, 2.05) is 88.4 Å². The minimum absolute atomic E-state index is 0.184. The van der Waals surface area contributed by atoms with Gasteiger partial charge in [0.25, 0.3) is 5.91 Å². The average molecular weight is 616 g/mol. The zero-order valence-corrected chi connectivity index (χ0v) is 28.5. The minimum atomic E-state index is -0.901. The van der Waals surface area contributed by atoms with Crippen LogP contribution in [0.2, 0.25) is 0 Å². The van der Waals surface area contributed by atoms with Crippen LogP contribution in [0, 0.1) is 19.8 Å². The second-order valence-corrected chi connectivity index (χ2v) is 13.3. The Kier molecular flexibility index (Phi) is 13.0. The first-order valence-corrected chi connectivity index (χ1v) is 16.5. The molecule has 7 heteroatoms. The van der Waals surface area contributed by atoms with E-state index in [2.05, 4.69) is 17.6 Å². The highest BCUT2D eigenvalue weighted by atomic mass is 16.6. The Morgan fingerprint density at radius 2 is 1.53 bits per heavy atom. The van der Waals surface area contributed by atoms with Gasteiger partial charge < -0.3 is 20.3 Å². The second-order valence-electron chi connectivity index (χ2n) is 13.3. The third-order valence-corrected chi connectivity index (χ3v) is 8.36. The van der Waals surface area contributed by atoms with Crippen molar-refractivity contribution in [3.05, 3.63) is 77.4 Å². The highest BCUT2D eigenvalue weighted by molar-refractivity contribution is 6.00. The number of carbonyl (C=O) groups is 3. The summed E-state index contributed by atoms with van der Waals surface area (Å²) in [5.41, 5.74) is 2.82. The first-order valence-electron chi connectivity index (χ1n) is 16.5. The predicted molar refractivity (Wildman–Crippen MR) is 184 cm³/mol. The smallest absolute Gasteiger partial charge is 0.408 e. The first kappa shape index (κ1) is 35.6. The number of unbranched alkanes of at least 4 members (excludes halogenated alkanes) is 4. The first-order chi connectivity index (χ1) is 21.3. The molecule has 0 aliphatic rings. The number of benzene rings is 3. The van der Waals surface area contributed by atoms with Gasteiger partial charge in [-0.25, -0.2) is 4.79 Å². The fourth-order valence-electron chi connectivity index (χ4n) is 5.43. The van der Waals surface area contributed by atoms with Crippen molar-refractivity contribution in [3.8, 4) is 0 Å². The molecule has 7 nitrogen and oxygen atoms in total. The summed E-state index contributed by atoms with van der Waals surface area (Å²) in [6, 6.07) is 18.0. The Bertz CT molecular complexity index is 1440. The number of nitrogens with zero attached hydrogens (tertiary/aromatic N) is 1. The number of carbonyl (C=O) groups excluding carboxylic acids is 3. The van der Waals surface area contributed by atoms with Gasteiger partial charge in [0.15, 0.2) is 0 Å². The van der Waals surface area contributed by atoms with Crippen LogP contribution < -0.4 is 10.6 Å². The van der Waals surface area contributed by atoms with Crippen LogP contribution in [0.25, 0.3) is 10.8 Å². The van der Waals surface area contributed by atoms with E-state index in [1.165, 1.54) is 0 Å². The van der Waals surface area contributed by atoms with E-state index < -0.39 is 23.8 Å². The lowest BCUT2D eigenvalue weighted by atomic mass is 9.94. The van der Waals surface area contributed by atoms with E-state index in [0.29, 0.717) is 18.7 Å². The molecule has 2 N–H and O–H groups in total. The Morgan fingerprint density at radius 3 is 2.18 bits per heavy atom. The molecule has 0 aromatic heterocycles. The number of fused-ring (bicyclic) bond motifs is 1. The van der Waals surface area contributed by atoms with Gasteiger partial charge in [0.1, 0.15) is 17.7 Å². The molecule has 0 heterocycles. The Hall–Kier alpha value is -3.87. The monoisotopic (exact) mass is 615 g/mol. The van der Waals surface area contributed by atoms with Crippen molar-refractivity contribution in [2.75, 3.05) is 11.9 Å². The molecule has 45 heavy (non-hydrogen) atoms. The van der Waals surface area contributed by atoms with Crippen molar-refractivity contribution in [2.24, 2.45) is 5.92 Å². The van der Waals surface area contributed by atoms with Gasteiger partial charge in [-0.05, 0) is 86.6 Å². The molecular weight excluding hydrogens is 562 g/mol. The molecule has 0 aliphatic carbocycles. The Labute approximate surface area is 270 Å². The van der Waals surface area contributed by atoms with E-state index >= 15 is 0 Å². The minimum Gasteiger partial charge on any atom is -0.444 e. The van der Waals surface area contributed by atoms with Crippen LogP contribution in [-0.2, 0) is 14.3 Å². The summed E-state index contributed by atoms with van der Waals surface area (Å²) in [6.45, 7) is 15.9. The lowest BCUT2D eigenvalue weighted by molar-refractivity contribution is -0.142. The third kappa shape index (κ3) is 10.3. The lowest BCUT2D eigenvalue weighted by Crippen LogP contribution is -2.55. The van der Waals surface area contributed by atoms with Crippen molar-refractivity contribution in [1.82, 2.24) is 10.2 Å². The van der Waals surface area contributed by atoms with Gasteiger partial charge in [-0.1, -0.05) is 101 Å². The highest BCUT2D eigenvalue weighted by Gasteiger charge is 2.38. The van der Waals surface area contributed by atoms with Crippen molar-refractivity contribution in [2.45, 2.75) is 112 Å². The summed E-state index contributed by atoms with van der Waals surface area (Å²) in [7, 11) is 0. The maximum atomic E-state index is 14.6. The number of hydrogen-bond acceptors (Lipinski definition) is 4. The van der Waals surface area contributed by atoms with E-state index in [-0.39, 0.29) is 17.7 Å². The fourth-order valence-corrected chi connectivity index (χ4v) is 5.43. The fraction of sp³-hybridized carbons (Fsp3) is 0.500. The molecule has 0 bridgehead atoms. The van der Waals surface area contributed by atoms with Gasteiger partial charge in [0.2, 0.25) is 5.91 Å². The third-order valence-electron chi connectivity index (χ3n) is 8.36. The Morgan fingerprint density at radius 1 is 0.844 bits per heavy atom. The van der Waals surface area contributed by atoms with E-state index in [4.69, 9.17) is 4.74 Å². The van der Waals surface area contributed by atoms with Crippen LogP contribution in [-0.4, -0.2) is 41.0 Å². The van der Waals surface area contributed by atoms with Crippen LogP contribution in [0.15, 0.2) is 60.7 Å². The topological polar surface area (TPSA) is 87.7 Å². The highest BCUT2D eigenvalue weighted by Crippen LogP contribution is 2.29. The quantitative estimate of drug-likeness (QED) is 0.177.